The standard InChI is InChI=1S/C26H39NO8/c1-5-8-9-12-21(28)33-16-17(4)24(25(27)26(31)32)18-13-14-19(34-22(29)10-6-2)20(15-18)35-23(30)11-7-3/h13-15,17,24-25H,5-12,16,27H2,1-4H3,(H,31,32)/t17?,24?,25-/m0/s1. The number of carbonyl (C=O) groups excluding carboxylic acids is 3. The first-order chi connectivity index (χ1) is 16.6. The Morgan fingerprint density at radius 1 is 0.857 bits per heavy atom. The number of hydrogen-bond donors (Lipinski definition) is 2. The number of benzene rings is 1. The monoisotopic (exact) mass is 493 g/mol. The first kappa shape index (κ1) is 30.1. The Morgan fingerprint density at radius 2 is 1.46 bits per heavy atom. The molecule has 3 atom stereocenters. The normalized spacial score (nSPS) is 13.4. The molecule has 0 aliphatic heterocycles. The minimum atomic E-state index is -1.31. The summed E-state index contributed by atoms with van der Waals surface area (Å²) in [7, 11) is 0. The number of carboxylic acids is 1. The van der Waals surface area contributed by atoms with Crippen molar-refractivity contribution in [2.45, 2.75) is 91.0 Å². The average Bonchev–Trinajstić information content (AvgIpc) is 2.79. The highest BCUT2D eigenvalue weighted by molar-refractivity contribution is 5.77. The van der Waals surface area contributed by atoms with Crippen LogP contribution in [-0.2, 0) is 23.9 Å². The SMILES string of the molecule is CCCCCC(=O)OCC(C)C(c1ccc(OC(=O)CCC)c(OC(=O)CCC)c1)[C@H](N)C(=O)O. The van der Waals surface area contributed by atoms with Crippen molar-refractivity contribution >= 4 is 23.9 Å². The molecule has 0 amide bonds. The summed E-state index contributed by atoms with van der Waals surface area (Å²) in [5, 5.41) is 9.61. The summed E-state index contributed by atoms with van der Waals surface area (Å²) in [6.07, 6.45) is 4.44. The third-order valence-corrected chi connectivity index (χ3v) is 5.49. The van der Waals surface area contributed by atoms with Gasteiger partial charge < -0.3 is 25.1 Å². The largest absolute Gasteiger partial charge is 0.480 e. The summed E-state index contributed by atoms with van der Waals surface area (Å²) in [5.74, 6) is -3.70. The number of ether oxygens (including phenoxy) is 3. The van der Waals surface area contributed by atoms with Crippen LogP contribution in [0.4, 0.5) is 0 Å². The van der Waals surface area contributed by atoms with E-state index >= 15 is 0 Å². The van der Waals surface area contributed by atoms with Gasteiger partial charge in [0.25, 0.3) is 0 Å². The highest BCUT2D eigenvalue weighted by atomic mass is 16.6. The molecule has 1 aromatic rings. The van der Waals surface area contributed by atoms with E-state index < -0.39 is 35.8 Å². The molecule has 0 aromatic heterocycles. The van der Waals surface area contributed by atoms with Gasteiger partial charge in [-0.25, -0.2) is 0 Å². The van der Waals surface area contributed by atoms with Gasteiger partial charge in [-0.15, -0.1) is 0 Å². The molecule has 3 N–H and O–H groups in total. The van der Waals surface area contributed by atoms with Crippen molar-refractivity contribution < 1.29 is 38.5 Å². The van der Waals surface area contributed by atoms with Gasteiger partial charge in [-0.05, 0) is 42.9 Å². The van der Waals surface area contributed by atoms with Crippen LogP contribution in [-0.4, -0.2) is 41.6 Å². The highest BCUT2D eigenvalue weighted by Gasteiger charge is 2.32. The lowest BCUT2D eigenvalue weighted by Gasteiger charge is -2.28. The molecule has 1 aromatic carbocycles. The molecule has 0 radical (unpaired) electrons. The van der Waals surface area contributed by atoms with Crippen molar-refractivity contribution in [1.29, 1.82) is 0 Å². The summed E-state index contributed by atoms with van der Waals surface area (Å²) in [4.78, 5) is 48.0. The second kappa shape index (κ2) is 15.9. The predicted molar refractivity (Wildman–Crippen MR) is 130 cm³/mol. The first-order valence-corrected chi connectivity index (χ1v) is 12.3. The van der Waals surface area contributed by atoms with Crippen molar-refractivity contribution in [2.75, 3.05) is 6.61 Å². The summed E-state index contributed by atoms with van der Waals surface area (Å²) < 4.78 is 16.2. The van der Waals surface area contributed by atoms with Crippen LogP contribution < -0.4 is 15.2 Å². The maximum absolute atomic E-state index is 12.2. The van der Waals surface area contributed by atoms with Gasteiger partial charge in [-0.3, -0.25) is 19.2 Å². The van der Waals surface area contributed by atoms with Crippen LogP contribution in [0.25, 0.3) is 0 Å². The Morgan fingerprint density at radius 3 is 2.00 bits per heavy atom. The Kier molecular flexibility index (Phi) is 13.6. The number of esters is 3. The second-order valence-corrected chi connectivity index (χ2v) is 8.66. The zero-order valence-corrected chi connectivity index (χ0v) is 21.2. The summed E-state index contributed by atoms with van der Waals surface area (Å²) in [6, 6.07) is 3.20. The molecule has 35 heavy (non-hydrogen) atoms. The second-order valence-electron chi connectivity index (χ2n) is 8.66. The van der Waals surface area contributed by atoms with Crippen molar-refractivity contribution in [1.82, 2.24) is 0 Å². The minimum absolute atomic E-state index is 0.0109. The Balaban J connectivity index is 3.22. The van der Waals surface area contributed by atoms with Crippen LogP contribution >= 0.6 is 0 Å². The molecule has 0 saturated heterocycles. The molecule has 0 aliphatic rings. The fourth-order valence-electron chi connectivity index (χ4n) is 3.61. The van der Waals surface area contributed by atoms with E-state index in [2.05, 4.69) is 0 Å². The third kappa shape index (κ3) is 10.5. The number of unbranched alkanes of at least 4 members (excludes halogenated alkanes) is 2. The maximum Gasteiger partial charge on any atom is 0.321 e. The minimum Gasteiger partial charge on any atom is -0.480 e. The Hall–Kier alpha value is -2.94. The molecular formula is C26H39NO8. The van der Waals surface area contributed by atoms with E-state index in [1.807, 2.05) is 20.8 Å². The van der Waals surface area contributed by atoms with Gasteiger partial charge in [0, 0.05) is 25.2 Å². The number of hydrogen-bond acceptors (Lipinski definition) is 8. The van der Waals surface area contributed by atoms with Crippen molar-refractivity contribution in [2.24, 2.45) is 11.7 Å². The lowest BCUT2D eigenvalue weighted by atomic mass is 9.82. The van der Waals surface area contributed by atoms with E-state index in [1.165, 1.54) is 12.1 Å². The van der Waals surface area contributed by atoms with Gasteiger partial charge in [0.05, 0.1) is 6.61 Å². The van der Waals surface area contributed by atoms with E-state index in [0.717, 1.165) is 19.3 Å². The van der Waals surface area contributed by atoms with Gasteiger partial charge >= 0.3 is 23.9 Å². The molecule has 0 saturated carbocycles. The van der Waals surface area contributed by atoms with Crippen molar-refractivity contribution in [3.8, 4) is 11.5 Å². The molecule has 0 fully saturated rings. The molecule has 0 bridgehead atoms. The van der Waals surface area contributed by atoms with Crippen LogP contribution in [0.15, 0.2) is 18.2 Å². The molecule has 9 nitrogen and oxygen atoms in total. The highest BCUT2D eigenvalue weighted by Crippen LogP contribution is 2.36. The lowest BCUT2D eigenvalue weighted by molar-refractivity contribution is -0.145. The smallest absolute Gasteiger partial charge is 0.321 e. The van der Waals surface area contributed by atoms with Gasteiger partial charge in [-0.2, -0.15) is 0 Å². The molecular weight excluding hydrogens is 454 g/mol. The van der Waals surface area contributed by atoms with Gasteiger partial charge in [0.1, 0.15) is 6.04 Å². The Bertz CT molecular complexity index is 854. The molecule has 0 spiro atoms. The van der Waals surface area contributed by atoms with Crippen LogP contribution in [0.2, 0.25) is 0 Å². The molecule has 1 rings (SSSR count). The third-order valence-electron chi connectivity index (χ3n) is 5.49. The fraction of sp³-hybridized carbons (Fsp3) is 0.615. The summed E-state index contributed by atoms with van der Waals surface area (Å²) >= 11 is 0. The number of carboxylic acid groups (broad SMARTS) is 1. The maximum atomic E-state index is 12.2. The van der Waals surface area contributed by atoms with Crippen LogP contribution in [0, 0.1) is 5.92 Å². The zero-order chi connectivity index (χ0) is 26.4. The molecule has 196 valence electrons. The zero-order valence-electron chi connectivity index (χ0n) is 21.2. The average molecular weight is 494 g/mol. The molecule has 0 heterocycles. The lowest BCUT2D eigenvalue weighted by Crippen LogP contribution is -2.40. The van der Waals surface area contributed by atoms with Gasteiger partial charge in [-0.1, -0.05) is 46.6 Å². The molecule has 9 heteroatoms. The topological polar surface area (TPSA) is 142 Å². The predicted octanol–water partition coefficient (Wildman–Crippen LogP) is 4.35. The molecule has 0 aliphatic carbocycles. The first-order valence-electron chi connectivity index (χ1n) is 12.3. The van der Waals surface area contributed by atoms with E-state index in [4.69, 9.17) is 19.9 Å². The number of rotatable bonds is 16. The summed E-state index contributed by atoms with van der Waals surface area (Å²) in [5.41, 5.74) is 6.48. The van der Waals surface area contributed by atoms with Crippen molar-refractivity contribution in [3.63, 3.8) is 0 Å². The summed E-state index contributed by atoms with van der Waals surface area (Å²) in [6.45, 7) is 7.42. The van der Waals surface area contributed by atoms with Crippen LogP contribution in [0.5, 0.6) is 11.5 Å². The van der Waals surface area contributed by atoms with E-state index in [9.17, 15) is 24.3 Å². The van der Waals surface area contributed by atoms with E-state index in [-0.39, 0.29) is 36.9 Å². The number of aliphatic carboxylic acids is 1. The van der Waals surface area contributed by atoms with Gasteiger partial charge in [0.2, 0.25) is 0 Å². The van der Waals surface area contributed by atoms with Crippen molar-refractivity contribution in [3.05, 3.63) is 23.8 Å². The van der Waals surface area contributed by atoms with Crippen LogP contribution in [0.3, 0.4) is 0 Å². The fourth-order valence-corrected chi connectivity index (χ4v) is 3.61. The van der Waals surface area contributed by atoms with Gasteiger partial charge in [0.15, 0.2) is 11.5 Å². The quantitative estimate of drug-likeness (QED) is 0.195. The van der Waals surface area contributed by atoms with E-state index in [0.29, 0.717) is 24.8 Å². The number of nitrogens with two attached hydrogens (primary N) is 1. The van der Waals surface area contributed by atoms with E-state index in [1.54, 1.807) is 13.0 Å². The van der Waals surface area contributed by atoms with Crippen LogP contribution in [0.1, 0.15) is 90.5 Å². The number of carbonyl (C=O) groups is 4. The Labute approximate surface area is 207 Å². The molecule has 2 unspecified atom stereocenters.